The molecule has 4 heteroatoms. The van der Waals surface area contributed by atoms with Gasteiger partial charge in [-0.1, -0.05) is 91.0 Å². The topological polar surface area (TPSA) is 3.24 Å². The second-order valence-electron chi connectivity index (χ2n) is 11.3. The van der Waals surface area contributed by atoms with Crippen molar-refractivity contribution in [1.82, 2.24) is 0 Å². The molecule has 0 spiro atoms. The summed E-state index contributed by atoms with van der Waals surface area (Å²) >= 11 is 5.66. The van der Waals surface area contributed by atoms with Gasteiger partial charge in [-0.25, -0.2) is 0 Å². The van der Waals surface area contributed by atoms with Crippen LogP contribution in [0, 0.1) is 0 Å². The van der Waals surface area contributed by atoms with Gasteiger partial charge in [-0.05, 0) is 59.3 Å². The SMILES string of the molecule is c1ccc2c(c1)ccc1c3cccc(N(c4ccc5c(c4)sc4ccccc45)c4ccc5sc6ccccc6c5c4)c3sc21. The molecule has 0 amide bonds. The Morgan fingerprint density at radius 3 is 1.80 bits per heavy atom. The molecular formula is C40H23NS3. The number of hydrogen-bond acceptors (Lipinski definition) is 4. The third kappa shape index (κ3) is 3.56. The van der Waals surface area contributed by atoms with Gasteiger partial charge in [-0.2, -0.15) is 0 Å². The largest absolute Gasteiger partial charge is 0.309 e. The predicted molar refractivity (Wildman–Crippen MR) is 197 cm³/mol. The number of thiophene rings is 3. The van der Waals surface area contributed by atoms with Gasteiger partial charge in [0.15, 0.2) is 0 Å². The average molecular weight is 614 g/mol. The minimum atomic E-state index is 1.18. The first kappa shape index (κ1) is 24.7. The number of hydrogen-bond donors (Lipinski definition) is 0. The Hall–Kier alpha value is -4.74. The normalized spacial score (nSPS) is 12.1. The molecule has 0 N–H and O–H groups in total. The molecule has 0 radical (unpaired) electrons. The van der Waals surface area contributed by atoms with E-state index in [0.29, 0.717) is 0 Å². The smallest absolute Gasteiger partial charge is 0.0640 e. The van der Waals surface area contributed by atoms with Gasteiger partial charge in [0.25, 0.3) is 0 Å². The first-order chi connectivity index (χ1) is 21.8. The molecule has 0 saturated heterocycles. The van der Waals surface area contributed by atoms with Crippen molar-refractivity contribution in [3.05, 3.63) is 140 Å². The highest BCUT2D eigenvalue weighted by atomic mass is 32.1. The van der Waals surface area contributed by atoms with E-state index in [-0.39, 0.29) is 0 Å². The molecule has 206 valence electrons. The summed E-state index contributed by atoms with van der Waals surface area (Å²) < 4.78 is 7.95. The van der Waals surface area contributed by atoms with E-state index in [1.165, 1.54) is 88.4 Å². The third-order valence-electron chi connectivity index (χ3n) is 8.85. The lowest BCUT2D eigenvalue weighted by molar-refractivity contribution is 1.32. The minimum absolute atomic E-state index is 1.18. The van der Waals surface area contributed by atoms with Crippen LogP contribution in [0.4, 0.5) is 17.1 Å². The van der Waals surface area contributed by atoms with Crippen molar-refractivity contribution in [3.63, 3.8) is 0 Å². The summed E-state index contributed by atoms with van der Waals surface area (Å²) in [4.78, 5) is 2.48. The maximum absolute atomic E-state index is 2.48. The van der Waals surface area contributed by atoms with E-state index < -0.39 is 0 Å². The molecule has 7 aromatic carbocycles. The van der Waals surface area contributed by atoms with Crippen molar-refractivity contribution < 1.29 is 0 Å². The summed E-state index contributed by atoms with van der Waals surface area (Å²) in [6.45, 7) is 0. The van der Waals surface area contributed by atoms with Gasteiger partial charge in [0.2, 0.25) is 0 Å². The van der Waals surface area contributed by atoms with Gasteiger partial charge >= 0.3 is 0 Å². The van der Waals surface area contributed by atoms with Crippen molar-refractivity contribution in [2.45, 2.75) is 0 Å². The van der Waals surface area contributed by atoms with Crippen LogP contribution in [0.5, 0.6) is 0 Å². The number of nitrogens with zero attached hydrogens (tertiary/aromatic N) is 1. The molecule has 10 aromatic rings. The van der Waals surface area contributed by atoms with Crippen molar-refractivity contribution in [2.75, 3.05) is 4.90 Å². The molecule has 44 heavy (non-hydrogen) atoms. The second kappa shape index (κ2) is 9.38. The molecule has 0 saturated carbocycles. The number of rotatable bonds is 3. The van der Waals surface area contributed by atoms with Crippen molar-refractivity contribution in [3.8, 4) is 0 Å². The van der Waals surface area contributed by atoms with Gasteiger partial charge in [0.05, 0.1) is 10.4 Å². The summed E-state index contributed by atoms with van der Waals surface area (Å²) in [5.41, 5.74) is 3.57. The fraction of sp³-hybridized carbons (Fsp3) is 0. The molecule has 0 aliphatic carbocycles. The molecule has 10 rings (SSSR count). The Labute approximate surface area is 265 Å². The fourth-order valence-electron chi connectivity index (χ4n) is 6.82. The number of anilines is 3. The van der Waals surface area contributed by atoms with Gasteiger partial charge in [0, 0.05) is 67.2 Å². The van der Waals surface area contributed by atoms with Gasteiger partial charge in [0.1, 0.15) is 0 Å². The van der Waals surface area contributed by atoms with Gasteiger partial charge in [-0.3, -0.25) is 0 Å². The van der Waals surface area contributed by atoms with Crippen LogP contribution in [0.25, 0.3) is 71.3 Å². The first-order valence-corrected chi connectivity index (χ1v) is 17.2. The molecule has 0 fully saturated rings. The monoisotopic (exact) mass is 613 g/mol. The Balaban J connectivity index is 1.28. The van der Waals surface area contributed by atoms with E-state index in [9.17, 15) is 0 Å². The standard InChI is InChI=1S/C40H23NS3/c1-2-9-27-24(8-1)16-19-32-31-12-7-13-34(40(31)44-39(27)32)41(25-18-21-37-33(22-25)29-11-4-6-15-36(29)42-37)26-17-20-30-28-10-3-5-14-35(28)43-38(30)23-26/h1-23H. The minimum Gasteiger partial charge on any atom is -0.309 e. The molecule has 0 aliphatic heterocycles. The zero-order valence-electron chi connectivity index (χ0n) is 23.5. The van der Waals surface area contributed by atoms with Crippen LogP contribution in [0.2, 0.25) is 0 Å². The third-order valence-corrected chi connectivity index (χ3v) is 12.4. The lowest BCUT2D eigenvalue weighted by Gasteiger charge is -2.26. The molecule has 3 heterocycles. The fourth-order valence-corrected chi connectivity index (χ4v) is 10.4. The Morgan fingerprint density at radius 1 is 0.341 bits per heavy atom. The molecule has 0 unspecified atom stereocenters. The Kier molecular flexibility index (Phi) is 5.26. The maximum atomic E-state index is 2.48. The van der Waals surface area contributed by atoms with Crippen molar-refractivity contribution in [1.29, 1.82) is 0 Å². The summed E-state index contributed by atoms with van der Waals surface area (Å²) in [5, 5.41) is 10.5. The van der Waals surface area contributed by atoms with E-state index in [4.69, 9.17) is 0 Å². The first-order valence-electron chi connectivity index (χ1n) is 14.8. The lowest BCUT2D eigenvalue weighted by Crippen LogP contribution is -2.09. The average Bonchev–Trinajstić information content (AvgIpc) is 3.76. The lowest BCUT2D eigenvalue weighted by atomic mass is 10.1. The predicted octanol–water partition coefficient (Wildman–Crippen LogP) is 13.4. The van der Waals surface area contributed by atoms with Crippen LogP contribution in [0.15, 0.2) is 140 Å². The summed E-state index contributed by atoms with van der Waals surface area (Å²) in [7, 11) is 0. The van der Waals surface area contributed by atoms with Crippen LogP contribution >= 0.6 is 34.0 Å². The van der Waals surface area contributed by atoms with Crippen molar-refractivity contribution >= 4 is 122 Å². The van der Waals surface area contributed by atoms with Crippen LogP contribution in [-0.4, -0.2) is 0 Å². The van der Waals surface area contributed by atoms with Crippen LogP contribution in [0.3, 0.4) is 0 Å². The zero-order valence-corrected chi connectivity index (χ0v) is 25.9. The van der Waals surface area contributed by atoms with Crippen LogP contribution < -0.4 is 4.90 Å². The highest BCUT2D eigenvalue weighted by molar-refractivity contribution is 7.27. The molecule has 3 aromatic heterocycles. The molecule has 0 atom stereocenters. The second-order valence-corrected chi connectivity index (χ2v) is 14.5. The highest BCUT2D eigenvalue weighted by Crippen LogP contribution is 2.48. The summed E-state index contributed by atoms with van der Waals surface area (Å²) in [6.07, 6.45) is 0. The Morgan fingerprint density at radius 2 is 0.932 bits per heavy atom. The number of benzene rings is 7. The van der Waals surface area contributed by atoms with Gasteiger partial charge < -0.3 is 4.90 Å². The number of fused-ring (bicyclic) bond motifs is 11. The van der Waals surface area contributed by atoms with E-state index in [1.54, 1.807) is 0 Å². The molecule has 0 aliphatic rings. The highest BCUT2D eigenvalue weighted by Gasteiger charge is 2.20. The molecular weight excluding hydrogens is 591 g/mol. The zero-order chi connectivity index (χ0) is 28.8. The summed E-state index contributed by atoms with van der Waals surface area (Å²) in [6, 6.07) is 51.6. The molecule has 1 nitrogen and oxygen atoms in total. The quantitative estimate of drug-likeness (QED) is 0.192. The van der Waals surface area contributed by atoms with Crippen molar-refractivity contribution in [2.24, 2.45) is 0 Å². The molecule has 0 bridgehead atoms. The maximum Gasteiger partial charge on any atom is 0.0640 e. The van der Waals surface area contributed by atoms with Crippen LogP contribution in [-0.2, 0) is 0 Å². The summed E-state index contributed by atoms with van der Waals surface area (Å²) in [5.74, 6) is 0. The van der Waals surface area contributed by atoms with E-state index >= 15 is 0 Å². The van der Waals surface area contributed by atoms with Crippen LogP contribution in [0.1, 0.15) is 0 Å². The van der Waals surface area contributed by atoms with E-state index in [0.717, 1.165) is 0 Å². The van der Waals surface area contributed by atoms with E-state index in [1.807, 2.05) is 34.0 Å². The van der Waals surface area contributed by atoms with Gasteiger partial charge in [-0.15, -0.1) is 34.0 Å². The Bertz CT molecular complexity index is 2740. The van der Waals surface area contributed by atoms with E-state index in [2.05, 4.69) is 144 Å².